The van der Waals surface area contributed by atoms with E-state index in [2.05, 4.69) is 15.0 Å². The number of rotatable bonds is 11. The fourth-order valence-electron chi connectivity index (χ4n) is 2.73. The summed E-state index contributed by atoms with van der Waals surface area (Å²) in [4.78, 5) is 6.32. The van der Waals surface area contributed by atoms with Crippen molar-refractivity contribution in [1.82, 2.24) is 19.6 Å². The maximum Gasteiger partial charge on any atom is 0.227 e. The summed E-state index contributed by atoms with van der Waals surface area (Å²) in [6.45, 7) is 7.43. The van der Waals surface area contributed by atoms with Crippen LogP contribution in [0.4, 0.5) is 0 Å². The highest BCUT2D eigenvalue weighted by Gasteiger charge is 2.25. The van der Waals surface area contributed by atoms with Crippen molar-refractivity contribution in [2.45, 2.75) is 51.5 Å². The molecule has 0 N–H and O–H groups in total. The number of sulfone groups is 1. The smallest absolute Gasteiger partial charge is 0.227 e. The van der Waals surface area contributed by atoms with E-state index in [0.717, 1.165) is 11.4 Å². The molecular formula is C18H30N4O4S. The highest BCUT2D eigenvalue weighted by Crippen LogP contribution is 2.21. The van der Waals surface area contributed by atoms with Gasteiger partial charge in [0.15, 0.2) is 0 Å². The third-order valence-corrected chi connectivity index (χ3v) is 6.28. The quantitative estimate of drug-likeness (QED) is 0.574. The number of nitrogens with zero attached hydrogens (tertiary/aromatic N) is 4. The largest absolute Gasteiger partial charge is 0.383 e. The Kier molecular flexibility index (Phi) is 7.58. The lowest BCUT2D eigenvalue weighted by Crippen LogP contribution is -2.25. The maximum absolute atomic E-state index is 12.8. The Bertz CT molecular complexity index is 799. The summed E-state index contributed by atoms with van der Waals surface area (Å²) in [7, 11) is 0.113. The minimum atomic E-state index is -3.44. The molecule has 8 nitrogen and oxygen atoms in total. The first-order valence-corrected chi connectivity index (χ1v) is 10.8. The molecular weight excluding hydrogens is 368 g/mol. The third kappa shape index (κ3) is 5.63. The molecule has 0 aliphatic carbocycles. The summed E-state index contributed by atoms with van der Waals surface area (Å²) < 4.78 is 37.4. The van der Waals surface area contributed by atoms with Gasteiger partial charge in [0.2, 0.25) is 15.0 Å². The normalized spacial score (nSPS) is 13.6. The van der Waals surface area contributed by atoms with Crippen molar-refractivity contribution in [2.24, 2.45) is 5.92 Å². The fourth-order valence-corrected chi connectivity index (χ4v) is 4.45. The van der Waals surface area contributed by atoms with Gasteiger partial charge in [-0.1, -0.05) is 19.0 Å². The van der Waals surface area contributed by atoms with E-state index in [4.69, 9.17) is 9.26 Å². The van der Waals surface area contributed by atoms with Crippen molar-refractivity contribution in [2.75, 3.05) is 26.5 Å². The van der Waals surface area contributed by atoms with Crippen molar-refractivity contribution >= 4 is 9.84 Å². The average Bonchev–Trinajstić information content (AvgIpc) is 3.28. The monoisotopic (exact) mass is 398 g/mol. The number of imidazole rings is 1. The van der Waals surface area contributed by atoms with Gasteiger partial charge in [-0.15, -0.1) is 0 Å². The van der Waals surface area contributed by atoms with Crippen LogP contribution in [0.25, 0.3) is 0 Å². The number of hydrogen-bond acceptors (Lipinski definition) is 7. The Hall–Kier alpha value is -1.71. The molecule has 0 amide bonds. The van der Waals surface area contributed by atoms with Crippen LogP contribution < -0.4 is 0 Å². The molecule has 2 heterocycles. The molecule has 0 aromatic carbocycles. The lowest BCUT2D eigenvalue weighted by Gasteiger charge is -2.23. The SMILES string of the molecule is COCCn1c(CN(C)C(C)c2ccon2)cnc1S(=O)(=O)CCC(C)C. The first kappa shape index (κ1) is 21.6. The van der Waals surface area contributed by atoms with Gasteiger partial charge >= 0.3 is 0 Å². The highest BCUT2D eigenvalue weighted by molar-refractivity contribution is 7.91. The molecule has 0 saturated heterocycles. The molecule has 9 heteroatoms. The first-order valence-electron chi connectivity index (χ1n) is 9.13. The summed E-state index contributed by atoms with van der Waals surface area (Å²) in [5, 5.41) is 4.10. The molecule has 0 bridgehead atoms. The van der Waals surface area contributed by atoms with Crippen LogP contribution in [-0.4, -0.2) is 54.5 Å². The van der Waals surface area contributed by atoms with Crippen LogP contribution in [0.5, 0.6) is 0 Å². The molecule has 2 aromatic rings. The van der Waals surface area contributed by atoms with Crippen LogP contribution in [0.3, 0.4) is 0 Å². The Morgan fingerprint density at radius 2 is 2.07 bits per heavy atom. The summed E-state index contributed by atoms with van der Waals surface area (Å²) in [5.74, 6) is 0.412. The summed E-state index contributed by atoms with van der Waals surface area (Å²) in [6.07, 6.45) is 3.80. The van der Waals surface area contributed by atoms with E-state index in [-0.39, 0.29) is 17.0 Å². The van der Waals surface area contributed by atoms with Gasteiger partial charge in [0.05, 0.1) is 30.3 Å². The van der Waals surface area contributed by atoms with E-state index in [1.165, 1.54) is 0 Å². The van der Waals surface area contributed by atoms with Gasteiger partial charge in [0.25, 0.3) is 0 Å². The van der Waals surface area contributed by atoms with E-state index in [9.17, 15) is 8.42 Å². The number of hydrogen-bond donors (Lipinski definition) is 0. The molecule has 0 saturated carbocycles. The first-order chi connectivity index (χ1) is 12.8. The number of ether oxygens (including phenoxy) is 1. The lowest BCUT2D eigenvalue weighted by molar-refractivity contribution is 0.180. The average molecular weight is 399 g/mol. The molecule has 1 unspecified atom stereocenters. The van der Waals surface area contributed by atoms with Crippen LogP contribution in [0.15, 0.2) is 28.2 Å². The van der Waals surface area contributed by atoms with Gasteiger partial charge < -0.3 is 13.8 Å². The van der Waals surface area contributed by atoms with Crippen LogP contribution in [0.1, 0.15) is 44.6 Å². The Balaban J connectivity index is 2.24. The van der Waals surface area contributed by atoms with E-state index in [1.54, 1.807) is 24.1 Å². The molecule has 2 rings (SSSR count). The topological polar surface area (TPSA) is 90.5 Å². The predicted molar refractivity (Wildman–Crippen MR) is 102 cm³/mol. The minimum Gasteiger partial charge on any atom is -0.383 e. The zero-order valence-electron chi connectivity index (χ0n) is 16.8. The third-order valence-electron chi connectivity index (χ3n) is 4.62. The van der Waals surface area contributed by atoms with Crippen molar-refractivity contribution < 1.29 is 17.7 Å². The Morgan fingerprint density at radius 3 is 2.67 bits per heavy atom. The standard InChI is InChI=1S/C18H30N4O4S/c1-14(2)7-11-27(23,24)18-19-12-16(22(18)8-10-25-5)13-21(4)15(3)17-6-9-26-20-17/h6,9,12,14-15H,7-8,10-11,13H2,1-5H3. The van der Waals surface area contributed by atoms with Crippen LogP contribution >= 0.6 is 0 Å². The fraction of sp³-hybridized carbons (Fsp3) is 0.667. The van der Waals surface area contributed by atoms with Gasteiger partial charge in [-0.25, -0.2) is 13.4 Å². The second-order valence-electron chi connectivity index (χ2n) is 7.19. The molecule has 27 heavy (non-hydrogen) atoms. The minimum absolute atomic E-state index is 0.0236. The van der Waals surface area contributed by atoms with Gasteiger partial charge in [0.1, 0.15) is 12.0 Å². The number of methoxy groups -OCH3 is 1. The molecule has 2 aromatic heterocycles. The summed E-state index contributed by atoms with van der Waals surface area (Å²) in [6, 6.07) is 1.85. The van der Waals surface area contributed by atoms with E-state index < -0.39 is 9.84 Å². The van der Waals surface area contributed by atoms with Crippen LogP contribution in [-0.2, 0) is 27.7 Å². The Morgan fingerprint density at radius 1 is 1.33 bits per heavy atom. The van der Waals surface area contributed by atoms with Crippen LogP contribution in [0, 0.1) is 5.92 Å². The molecule has 152 valence electrons. The zero-order valence-corrected chi connectivity index (χ0v) is 17.6. The summed E-state index contributed by atoms with van der Waals surface area (Å²) >= 11 is 0. The molecule has 0 radical (unpaired) electrons. The van der Waals surface area contributed by atoms with Crippen molar-refractivity contribution in [3.05, 3.63) is 29.9 Å². The van der Waals surface area contributed by atoms with E-state index in [0.29, 0.717) is 32.0 Å². The van der Waals surface area contributed by atoms with Gasteiger partial charge in [0, 0.05) is 26.3 Å². The van der Waals surface area contributed by atoms with Crippen LogP contribution in [0.2, 0.25) is 0 Å². The van der Waals surface area contributed by atoms with E-state index in [1.807, 2.05) is 33.9 Å². The second-order valence-corrected chi connectivity index (χ2v) is 9.20. The second kappa shape index (κ2) is 9.48. The molecule has 0 aliphatic rings. The zero-order chi connectivity index (χ0) is 20.0. The van der Waals surface area contributed by atoms with E-state index >= 15 is 0 Å². The van der Waals surface area contributed by atoms with Gasteiger partial charge in [-0.05, 0) is 26.3 Å². The summed E-state index contributed by atoms with van der Waals surface area (Å²) in [5.41, 5.74) is 1.65. The highest BCUT2D eigenvalue weighted by atomic mass is 32.2. The van der Waals surface area contributed by atoms with Crippen molar-refractivity contribution in [3.63, 3.8) is 0 Å². The molecule has 0 fully saturated rings. The predicted octanol–water partition coefficient (Wildman–Crippen LogP) is 2.53. The van der Waals surface area contributed by atoms with Crippen molar-refractivity contribution in [1.29, 1.82) is 0 Å². The molecule has 0 spiro atoms. The lowest BCUT2D eigenvalue weighted by atomic mass is 10.2. The number of aromatic nitrogens is 3. The van der Waals surface area contributed by atoms with Crippen molar-refractivity contribution in [3.8, 4) is 0 Å². The Labute approximate surface area is 161 Å². The van der Waals surface area contributed by atoms with Gasteiger partial charge in [-0.2, -0.15) is 0 Å². The maximum atomic E-state index is 12.8. The molecule has 1 atom stereocenters. The molecule has 0 aliphatic heterocycles. The van der Waals surface area contributed by atoms with Gasteiger partial charge in [-0.3, -0.25) is 4.90 Å².